The SMILES string of the molecule is CCCCCCC([C]=O)CCCOC(C)=O. The summed E-state index contributed by atoms with van der Waals surface area (Å²) >= 11 is 0. The van der Waals surface area contributed by atoms with Gasteiger partial charge in [-0.2, -0.15) is 0 Å². The van der Waals surface area contributed by atoms with Crippen molar-refractivity contribution in [1.29, 1.82) is 0 Å². The van der Waals surface area contributed by atoms with Gasteiger partial charge >= 0.3 is 5.97 Å². The maximum atomic E-state index is 10.7. The highest BCUT2D eigenvalue weighted by molar-refractivity contribution is 5.65. The van der Waals surface area contributed by atoms with Crippen molar-refractivity contribution in [2.45, 2.75) is 58.8 Å². The van der Waals surface area contributed by atoms with E-state index in [2.05, 4.69) is 13.2 Å². The van der Waals surface area contributed by atoms with Crippen molar-refractivity contribution in [3.63, 3.8) is 0 Å². The molecule has 0 aliphatic rings. The third kappa shape index (κ3) is 9.69. The average Bonchev–Trinajstić information content (AvgIpc) is 2.26. The molecule has 93 valence electrons. The number of esters is 1. The minimum absolute atomic E-state index is 0.0208. The second-order valence-corrected chi connectivity index (χ2v) is 4.15. The summed E-state index contributed by atoms with van der Waals surface area (Å²) in [5.74, 6) is -0.234. The van der Waals surface area contributed by atoms with Crippen LogP contribution in [-0.4, -0.2) is 18.9 Å². The molecule has 0 bridgehead atoms. The van der Waals surface area contributed by atoms with Crippen LogP contribution in [0.5, 0.6) is 0 Å². The van der Waals surface area contributed by atoms with Crippen LogP contribution >= 0.6 is 0 Å². The number of hydrogen-bond acceptors (Lipinski definition) is 3. The molecule has 0 spiro atoms. The molecule has 3 heteroatoms. The molecular weight excluding hydrogens is 204 g/mol. The number of unbranched alkanes of at least 4 members (excludes halogenated alkanes) is 3. The minimum atomic E-state index is -0.255. The van der Waals surface area contributed by atoms with Crippen molar-refractivity contribution < 1.29 is 14.3 Å². The normalized spacial score (nSPS) is 12.1. The zero-order valence-electron chi connectivity index (χ0n) is 10.5. The van der Waals surface area contributed by atoms with Gasteiger partial charge in [0.2, 0.25) is 6.29 Å². The molecule has 0 aliphatic carbocycles. The lowest BCUT2D eigenvalue weighted by Crippen LogP contribution is -2.06. The van der Waals surface area contributed by atoms with Crippen molar-refractivity contribution in [2.75, 3.05) is 6.61 Å². The van der Waals surface area contributed by atoms with Crippen LogP contribution in [0.25, 0.3) is 0 Å². The van der Waals surface area contributed by atoms with E-state index >= 15 is 0 Å². The van der Waals surface area contributed by atoms with Crippen LogP contribution in [-0.2, 0) is 14.3 Å². The van der Waals surface area contributed by atoms with Gasteiger partial charge in [-0.1, -0.05) is 32.6 Å². The molecule has 16 heavy (non-hydrogen) atoms. The largest absolute Gasteiger partial charge is 0.466 e. The highest BCUT2D eigenvalue weighted by Crippen LogP contribution is 2.14. The first kappa shape index (κ1) is 15.1. The first-order valence-electron chi connectivity index (χ1n) is 6.21. The van der Waals surface area contributed by atoms with E-state index in [9.17, 15) is 9.59 Å². The summed E-state index contributed by atoms with van der Waals surface area (Å²) in [6.45, 7) is 3.99. The molecule has 0 rings (SSSR count). The molecule has 0 fully saturated rings. The van der Waals surface area contributed by atoms with Crippen LogP contribution < -0.4 is 0 Å². The molecular formula is C13H23O3. The summed E-state index contributed by atoms with van der Waals surface area (Å²) in [4.78, 5) is 21.2. The highest BCUT2D eigenvalue weighted by atomic mass is 16.5. The monoisotopic (exact) mass is 227 g/mol. The Morgan fingerprint density at radius 2 is 1.88 bits per heavy atom. The van der Waals surface area contributed by atoms with Gasteiger partial charge in [0, 0.05) is 12.8 Å². The molecule has 0 N–H and O–H groups in total. The van der Waals surface area contributed by atoms with Crippen LogP contribution in [0.3, 0.4) is 0 Å². The molecule has 0 aliphatic heterocycles. The molecule has 0 aromatic rings. The van der Waals surface area contributed by atoms with E-state index in [4.69, 9.17) is 4.74 Å². The molecule has 1 unspecified atom stereocenters. The van der Waals surface area contributed by atoms with E-state index in [-0.39, 0.29) is 11.9 Å². The second kappa shape index (κ2) is 10.7. The predicted molar refractivity (Wildman–Crippen MR) is 63.8 cm³/mol. The van der Waals surface area contributed by atoms with Crippen molar-refractivity contribution in [3.05, 3.63) is 0 Å². The second-order valence-electron chi connectivity index (χ2n) is 4.15. The molecule has 0 amide bonds. The third-order valence-corrected chi connectivity index (χ3v) is 2.58. The Labute approximate surface area is 98.6 Å². The van der Waals surface area contributed by atoms with Gasteiger partial charge in [0.05, 0.1) is 6.61 Å². The number of rotatable bonds is 10. The van der Waals surface area contributed by atoms with E-state index in [0.29, 0.717) is 6.61 Å². The van der Waals surface area contributed by atoms with Gasteiger partial charge in [-0.3, -0.25) is 9.59 Å². The quantitative estimate of drug-likeness (QED) is 0.425. The standard InChI is InChI=1S/C13H23O3/c1-3-4-5-6-8-13(11-14)9-7-10-16-12(2)15/h13H,3-10H2,1-2H3. The van der Waals surface area contributed by atoms with E-state index in [1.807, 2.05) is 0 Å². The number of carbonyl (C=O) groups is 1. The smallest absolute Gasteiger partial charge is 0.302 e. The van der Waals surface area contributed by atoms with Crippen molar-refractivity contribution in [3.8, 4) is 0 Å². The van der Waals surface area contributed by atoms with Crippen molar-refractivity contribution in [1.82, 2.24) is 0 Å². The highest BCUT2D eigenvalue weighted by Gasteiger charge is 2.08. The Hall–Kier alpha value is -0.860. The lowest BCUT2D eigenvalue weighted by Gasteiger charge is -2.08. The average molecular weight is 227 g/mol. The first-order valence-corrected chi connectivity index (χ1v) is 6.21. The van der Waals surface area contributed by atoms with Gasteiger partial charge in [0.25, 0.3) is 0 Å². The third-order valence-electron chi connectivity index (χ3n) is 2.58. The van der Waals surface area contributed by atoms with Crippen LogP contribution in [0, 0.1) is 5.92 Å². The Morgan fingerprint density at radius 1 is 1.19 bits per heavy atom. The lowest BCUT2D eigenvalue weighted by molar-refractivity contribution is -0.141. The fourth-order valence-electron chi connectivity index (χ4n) is 1.63. The van der Waals surface area contributed by atoms with E-state index < -0.39 is 0 Å². The van der Waals surface area contributed by atoms with Gasteiger partial charge in [0.1, 0.15) is 0 Å². The Bertz CT molecular complexity index is 190. The summed E-state index contributed by atoms with van der Waals surface area (Å²) in [5.41, 5.74) is 0. The maximum Gasteiger partial charge on any atom is 0.302 e. The topological polar surface area (TPSA) is 43.4 Å². The van der Waals surface area contributed by atoms with E-state index in [1.54, 1.807) is 0 Å². The zero-order chi connectivity index (χ0) is 12.2. The number of hydrogen-bond donors (Lipinski definition) is 0. The molecule has 0 aromatic heterocycles. The summed E-state index contributed by atoms with van der Waals surface area (Å²) in [7, 11) is 0. The Balaban J connectivity index is 3.43. The van der Waals surface area contributed by atoms with Gasteiger partial charge in [-0.25, -0.2) is 0 Å². The van der Waals surface area contributed by atoms with Crippen LogP contribution in [0.1, 0.15) is 58.8 Å². The van der Waals surface area contributed by atoms with Crippen LogP contribution in [0.15, 0.2) is 0 Å². The minimum Gasteiger partial charge on any atom is -0.466 e. The molecule has 0 heterocycles. The van der Waals surface area contributed by atoms with Crippen LogP contribution in [0.4, 0.5) is 0 Å². The summed E-state index contributed by atoms with van der Waals surface area (Å²) in [6.07, 6.45) is 9.27. The van der Waals surface area contributed by atoms with Crippen molar-refractivity contribution in [2.24, 2.45) is 5.92 Å². The van der Waals surface area contributed by atoms with Gasteiger partial charge in [-0.15, -0.1) is 0 Å². The van der Waals surface area contributed by atoms with Gasteiger partial charge in [0.15, 0.2) is 0 Å². The summed E-state index contributed by atoms with van der Waals surface area (Å²) in [6, 6.07) is 0. The van der Waals surface area contributed by atoms with Gasteiger partial charge < -0.3 is 4.74 Å². The van der Waals surface area contributed by atoms with Gasteiger partial charge in [-0.05, 0) is 19.3 Å². The number of ether oxygens (including phenoxy) is 1. The fraction of sp³-hybridized carbons (Fsp3) is 0.846. The van der Waals surface area contributed by atoms with E-state index in [0.717, 1.165) is 25.7 Å². The zero-order valence-corrected chi connectivity index (χ0v) is 10.5. The predicted octanol–water partition coefficient (Wildman–Crippen LogP) is 3.03. The Morgan fingerprint density at radius 3 is 2.44 bits per heavy atom. The lowest BCUT2D eigenvalue weighted by atomic mass is 9.97. The van der Waals surface area contributed by atoms with E-state index in [1.165, 1.54) is 26.2 Å². The summed E-state index contributed by atoms with van der Waals surface area (Å²) < 4.78 is 4.81. The molecule has 1 radical (unpaired) electrons. The molecule has 1 atom stereocenters. The first-order chi connectivity index (χ1) is 7.70. The molecule has 0 saturated heterocycles. The summed E-state index contributed by atoms with van der Waals surface area (Å²) in [5, 5.41) is 0. The number of carbonyl (C=O) groups excluding carboxylic acids is 2. The molecule has 3 nitrogen and oxygen atoms in total. The Kier molecular flexibility index (Phi) is 10.1. The molecule has 0 aromatic carbocycles. The fourth-order valence-corrected chi connectivity index (χ4v) is 1.63. The van der Waals surface area contributed by atoms with Crippen molar-refractivity contribution >= 4 is 12.3 Å². The van der Waals surface area contributed by atoms with Crippen LogP contribution in [0.2, 0.25) is 0 Å². The molecule has 0 saturated carbocycles. The maximum absolute atomic E-state index is 10.7.